The molecule has 1 aliphatic rings. The van der Waals surface area contributed by atoms with Gasteiger partial charge >= 0.3 is 13.2 Å². The Morgan fingerprint density at radius 2 is 1.73 bits per heavy atom. The highest BCUT2D eigenvalue weighted by molar-refractivity contribution is 6.56. The van der Waals surface area contributed by atoms with Crippen molar-refractivity contribution in [3.63, 3.8) is 0 Å². The standard InChI is InChI=1S/C21H27BF2N2O4/c1-19(2,3)28-18(27)26-12-15(22-29-20(4,5)21(6,7)30-22)8-13-9-16(23)17(24)10-14(13)11-25/h8-10H,12H2,1-7H3,(H,26,27). The second-order valence-corrected chi connectivity index (χ2v) is 9.13. The van der Waals surface area contributed by atoms with Crippen molar-refractivity contribution < 1.29 is 27.6 Å². The summed E-state index contributed by atoms with van der Waals surface area (Å²) in [7, 11) is -0.871. The van der Waals surface area contributed by atoms with Crippen molar-refractivity contribution in [3.05, 3.63) is 40.4 Å². The fourth-order valence-corrected chi connectivity index (χ4v) is 2.66. The van der Waals surface area contributed by atoms with Crippen molar-refractivity contribution in [1.82, 2.24) is 5.32 Å². The van der Waals surface area contributed by atoms with Crippen LogP contribution < -0.4 is 5.32 Å². The van der Waals surface area contributed by atoms with Crippen LogP contribution in [0.5, 0.6) is 0 Å². The van der Waals surface area contributed by atoms with E-state index in [2.05, 4.69) is 5.32 Å². The summed E-state index contributed by atoms with van der Waals surface area (Å²) in [6.45, 7) is 12.6. The summed E-state index contributed by atoms with van der Waals surface area (Å²) >= 11 is 0. The first-order valence-corrected chi connectivity index (χ1v) is 9.57. The zero-order valence-electron chi connectivity index (χ0n) is 18.4. The highest BCUT2D eigenvalue weighted by atomic mass is 19.2. The monoisotopic (exact) mass is 420 g/mol. The third kappa shape index (κ3) is 5.58. The highest BCUT2D eigenvalue weighted by Crippen LogP contribution is 2.39. The SMILES string of the molecule is CC(C)(C)OC(=O)NCC(=Cc1cc(F)c(F)cc1C#N)B1OC(C)(C)C(C)(C)O1. The predicted molar refractivity (Wildman–Crippen MR) is 109 cm³/mol. The zero-order valence-corrected chi connectivity index (χ0v) is 18.4. The molecule has 0 aliphatic carbocycles. The van der Waals surface area contributed by atoms with Gasteiger partial charge in [-0.25, -0.2) is 13.6 Å². The van der Waals surface area contributed by atoms with E-state index in [0.717, 1.165) is 12.1 Å². The molecule has 1 amide bonds. The van der Waals surface area contributed by atoms with E-state index in [1.807, 2.05) is 33.8 Å². The molecule has 2 rings (SSSR count). The first kappa shape index (κ1) is 23.8. The molecule has 0 aromatic heterocycles. The number of benzene rings is 1. The molecule has 0 bridgehead atoms. The number of rotatable bonds is 4. The van der Waals surface area contributed by atoms with E-state index in [0.29, 0.717) is 5.47 Å². The number of nitrogens with one attached hydrogen (secondary N) is 1. The number of nitriles is 1. The fraction of sp³-hybridized carbons (Fsp3) is 0.524. The molecule has 0 spiro atoms. The molecule has 1 aliphatic heterocycles. The molecule has 1 aromatic rings. The number of carbonyl (C=O) groups excluding carboxylic acids is 1. The summed E-state index contributed by atoms with van der Waals surface area (Å²) in [5.74, 6) is -2.21. The van der Waals surface area contributed by atoms with Crippen LogP contribution in [0.15, 0.2) is 17.6 Å². The molecule has 0 saturated carbocycles. The van der Waals surface area contributed by atoms with Gasteiger partial charge in [-0.3, -0.25) is 0 Å². The molecule has 0 radical (unpaired) electrons. The summed E-state index contributed by atoms with van der Waals surface area (Å²) in [6, 6.07) is 3.59. The average Bonchev–Trinajstić information content (AvgIpc) is 2.80. The summed E-state index contributed by atoms with van der Waals surface area (Å²) in [6.07, 6.45) is 0.802. The Morgan fingerprint density at radius 1 is 1.20 bits per heavy atom. The highest BCUT2D eigenvalue weighted by Gasteiger charge is 2.52. The van der Waals surface area contributed by atoms with Gasteiger partial charge in [-0.05, 0) is 71.6 Å². The smallest absolute Gasteiger partial charge is 0.444 e. The van der Waals surface area contributed by atoms with Gasteiger partial charge in [0.2, 0.25) is 0 Å². The van der Waals surface area contributed by atoms with Gasteiger partial charge in [0, 0.05) is 6.54 Å². The van der Waals surface area contributed by atoms with Gasteiger partial charge in [0.1, 0.15) is 5.60 Å². The molecule has 6 nitrogen and oxygen atoms in total. The topological polar surface area (TPSA) is 80.6 Å². The molecule has 0 atom stereocenters. The lowest BCUT2D eigenvalue weighted by Crippen LogP contribution is -2.41. The Labute approximate surface area is 176 Å². The van der Waals surface area contributed by atoms with Crippen LogP contribution in [-0.4, -0.2) is 36.6 Å². The lowest BCUT2D eigenvalue weighted by Gasteiger charge is -2.32. The first-order chi connectivity index (χ1) is 13.6. The van der Waals surface area contributed by atoms with Crippen LogP contribution in [0.1, 0.15) is 59.6 Å². The van der Waals surface area contributed by atoms with Crippen molar-refractivity contribution in [2.24, 2.45) is 0 Å². The number of nitrogens with zero attached hydrogens (tertiary/aromatic N) is 1. The minimum absolute atomic E-state index is 0.0460. The Balaban J connectivity index is 2.40. The van der Waals surface area contributed by atoms with Crippen LogP contribution >= 0.6 is 0 Å². The molecule has 9 heteroatoms. The van der Waals surface area contributed by atoms with Gasteiger partial charge in [0.25, 0.3) is 0 Å². The summed E-state index contributed by atoms with van der Waals surface area (Å²) in [4.78, 5) is 12.1. The molecule has 1 fully saturated rings. The lowest BCUT2D eigenvalue weighted by atomic mass is 9.76. The minimum Gasteiger partial charge on any atom is -0.444 e. The van der Waals surface area contributed by atoms with Crippen molar-refractivity contribution in [2.75, 3.05) is 6.54 Å². The molecule has 1 saturated heterocycles. The van der Waals surface area contributed by atoms with E-state index in [1.165, 1.54) is 6.08 Å². The van der Waals surface area contributed by atoms with E-state index >= 15 is 0 Å². The van der Waals surface area contributed by atoms with Crippen LogP contribution in [0, 0.1) is 23.0 Å². The summed E-state index contributed by atoms with van der Waals surface area (Å²) < 4.78 is 44.6. The number of hydrogen-bond acceptors (Lipinski definition) is 5. The largest absolute Gasteiger partial charge is 0.492 e. The van der Waals surface area contributed by atoms with Gasteiger partial charge in [-0.1, -0.05) is 6.08 Å². The van der Waals surface area contributed by atoms with Crippen molar-refractivity contribution >= 4 is 19.3 Å². The van der Waals surface area contributed by atoms with Crippen molar-refractivity contribution in [3.8, 4) is 6.07 Å². The maximum absolute atomic E-state index is 13.8. The molecule has 0 unspecified atom stereocenters. The normalized spacial score (nSPS) is 18.1. The van der Waals surface area contributed by atoms with Crippen molar-refractivity contribution in [2.45, 2.75) is 65.3 Å². The maximum atomic E-state index is 13.8. The Morgan fingerprint density at radius 3 is 2.23 bits per heavy atom. The predicted octanol–water partition coefficient (Wildman–Crippen LogP) is 4.38. The zero-order chi connectivity index (χ0) is 22.9. The van der Waals surface area contributed by atoms with E-state index < -0.39 is 41.6 Å². The van der Waals surface area contributed by atoms with E-state index in [1.54, 1.807) is 20.8 Å². The molecular weight excluding hydrogens is 393 g/mol. The first-order valence-electron chi connectivity index (χ1n) is 9.57. The van der Waals surface area contributed by atoms with Gasteiger partial charge in [0.15, 0.2) is 11.6 Å². The van der Waals surface area contributed by atoms with Crippen LogP contribution in [0.4, 0.5) is 13.6 Å². The second kappa shape index (κ2) is 8.36. The number of amides is 1. The van der Waals surface area contributed by atoms with Gasteiger partial charge in [-0.15, -0.1) is 0 Å². The Kier molecular flexibility index (Phi) is 6.65. The molecule has 1 aromatic carbocycles. The van der Waals surface area contributed by atoms with Crippen LogP contribution in [0.2, 0.25) is 0 Å². The third-order valence-electron chi connectivity index (χ3n) is 4.95. The molecule has 1 heterocycles. The number of alkyl carbamates (subject to hydrolysis) is 1. The number of carbonyl (C=O) groups is 1. The number of halogens is 2. The van der Waals surface area contributed by atoms with Crippen LogP contribution in [-0.2, 0) is 14.0 Å². The lowest BCUT2D eigenvalue weighted by molar-refractivity contribution is 0.00578. The molecule has 30 heavy (non-hydrogen) atoms. The summed E-state index contributed by atoms with van der Waals surface area (Å²) in [5, 5.41) is 11.9. The number of ether oxygens (including phenoxy) is 1. The number of hydrogen-bond donors (Lipinski definition) is 1. The Bertz CT molecular complexity index is 885. The van der Waals surface area contributed by atoms with Crippen molar-refractivity contribution in [1.29, 1.82) is 5.26 Å². The van der Waals surface area contributed by atoms with Crippen LogP contribution in [0.25, 0.3) is 6.08 Å². The van der Waals surface area contributed by atoms with Gasteiger partial charge in [-0.2, -0.15) is 5.26 Å². The van der Waals surface area contributed by atoms with Crippen LogP contribution in [0.3, 0.4) is 0 Å². The van der Waals surface area contributed by atoms with Gasteiger partial charge in [0.05, 0.1) is 22.8 Å². The Hall–Kier alpha value is -2.44. The summed E-state index contributed by atoms with van der Waals surface area (Å²) in [5.41, 5.74) is -1.50. The fourth-order valence-electron chi connectivity index (χ4n) is 2.66. The van der Waals surface area contributed by atoms with E-state index in [-0.39, 0.29) is 17.7 Å². The van der Waals surface area contributed by atoms with E-state index in [9.17, 15) is 18.8 Å². The quantitative estimate of drug-likeness (QED) is 0.732. The molecule has 1 N–H and O–H groups in total. The second-order valence-electron chi connectivity index (χ2n) is 9.13. The van der Waals surface area contributed by atoms with E-state index in [4.69, 9.17) is 14.0 Å². The molecular formula is C21H27BF2N2O4. The average molecular weight is 420 g/mol. The van der Waals surface area contributed by atoms with Gasteiger partial charge < -0.3 is 19.4 Å². The third-order valence-corrected chi connectivity index (χ3v) is 4.95. The molecule has 162 valence electrons. The maximum Gasteiger partial charge on any atom is 0.492 e. The minimum atomic E-state index is -1.12.